The Bertz CT molecular complexity index is 1650. The summed E-state index contributed by atoms with van der Waals surface area (Å²) in [6.45, 7) is 0. The number of rotatable bonds is 10. The monoisotopic (exact) mass is 603 g/mol. The molecule has 1 atom stereocenters. The van der Waals surface area contributed by atoms with E-state index in [-0.39, 0.29) is 11.6 Å². The van der Waals surface area contributed by atoms with E-state index in [2.05, 4.69) is 15.5 Å². The van der Waals surface area contributed by atoms with Crippen molar-refractivity contribution in [2.45, 2.75) is 23.4 Å². The topological polar surface area (TPSA) is 103 Å². The third-order valence-corrected chi connectivity index (χ3v) is 7.65. The molecule has 5 aromatic rings. The third kappa shape index (κ3) is 7.13. The number of carbonyl (C=O) groups excluding carboxylic acids is 1. The minimum atomic E-state index is -0.614. The van der Waals surface area contributed by atoms with E-state index in [0.29, 0.717) is 44.5 Å². The van der Waals surface area contributed by atoms with E-state index in [9.17, 15) is 14.9 Å². The molecule has 1 aromatic heterocycles. The zero-order valence-corrected chi connectivity index (χ0v) is 23.8. The molecular weight excluding hydrogens is 581 g/mol. The molecule has 8 nitrogen and oxygen atoms in total. The molecule has 41 heavy (non-hydrogen) atoms. The number of amides is 1. The predicted molar refractivity (Wildman–Crippen MR) is 161 cm³/mol. The number of thioether (sulfide) groups is 1. The third-order valence-electron chi connectivity index (χ3n) is 6.21. The number of nitro groups is 1. The van der Waals surface area contributed by atoms with Gasteiger partial charge in [0.15, 0.2) is 11.0 Å². The standard InChI is InChI=1S/C30H23Cl2N5O3S/c31-23-16-22(17-24(32)18-23)29(38)33-27(15-20-7-3-1-4-8-20)28-34-35-30(41-19-21-9-5-2-6-10-21)36(28)25-11-13-26(14-12-25)37(39)40/h1-14,16-18,27H,15,19H2,(H,33,38)/t27-/m0/s1. The number of nitro benzene ring substituents is 1. The van der Waals surface area contributed by atoms with Crippen molar-refractivity contribution in [2.24, 2.45) is 0 Å². The lowest BCUT2D eigenvalue weighted by molar-refractivity contribution is -0.384. The Morgan fingerprint density at radius 3 is 2.10 bits per heavy atom. The molecule has 206 valence electrons. The van der Waals surface area contributed by atoms with Crippen LogP contribution in [0.2, 0.25) is 10.0 Å². The number of benzene rings is 4. The van der Waals surface area contributed by atoms with E-state index < -0.39 is 11.0 Å². The van der Waals surface area contributed by atoms with Crippen LogP contribution in [0.5, 0.6) is 0 Å². The zero-order valence-electron chi connectivity index (χ0n) is 21.5. The minimum Gasteiger partial charge on any atom is -0.342 e. The van der Waals surface area contributed by atoms with Gasteiger partial charge in [-0.1, -0.05) is 95.6 Å². The van der Waals surface area contributed by atoms with Crippen molar-refractivity contribution in [3.8, 4) is 5.69 Å². The summed E-state index contributed by atoms with van der Waals surface area (Å²) in [6, 6.07) is 29.8. The number of aromatic nitrogens is 3. The maximum absolute atomic E-state index is 13.4. The number of carbonyl (C=O) groups is 1. The number of hydrogen-bond acceptors (Lipinski definition) is 6. The van der Waals surface area contributed by atoms with Gasteiger partial charge < -0.3 is 5.32 Å². The van der Waals surface area contributed by atoms with Crippen LogP contribution in [-0.2, 0) is 12.2 Å². The molecule has 1 N–H and O–H groups in total. The molecular formula is C30H23Cl2N5O3S. The Hall–Kier alpha value is -4.18. The van der Waals surface area contributed by atoms with Gasteiger partial charge in [0, 0.05) is 39.2 Å². The summed E-state index contributed by atoms with van der Waals surface area (Å²) in [5.74, 6) is 0.717. The number of nitrogens with zero attached hydrogens (tertiary/aromatic N) is 4. The smallest absolute Gasteiger partial charge is 0.269 e. The Morgan fingerprint density at radius 2 is 1.49 bits per heavy atom. The van der Waals surface area contributed by atoms with Crippen LogP contribution in [0.1, 0.15) is 33.4 Å². The molecule has 11 heteroatoms. The molecule has 4 aromatic carbocycles. The van der Waals surface area contributed by atoms with E-state index in [1.807, 2.05) is 65.2 Å². The molecule has 0 fully saturated rings. The van der Waals surface area contributed by atoms with Crippen molar-refractivity contribution in [3.63, 3.8) is 0 Å². The summed E-state index contributed by atoms with van der Waals surface area (Å²) in [4.78, 5) is 24.3. The largest absolute Gasteiger partial charge is 0.342 e. The summed E-state index contributed by atoms with van der Waals surface area (Å²) in [6.07, 6.45) is 0.412. The van der Waals surface area contributed by atoms with Crippen LogP contribution < -0.4 is 5.32 Å². The van der Waals surface area contributed by atoms with Gasteiger partial charge in [-0.15, -0.1) is 10.2 Å². The van der Waals surface area contributed by atoms with Crippen molar-refractivity contribution in [2.75, 3.05) is 0 Å². The molecule has 5 rings (SSSR count). The quantitative estimate of drug-likeness (QED) is 0.101. The van der Waals surface area contributed by atoms with E-state index in [4.69, 9.17) is 23.2 Å². The first kappa shape index (κ1) is 28.4. The van der Waals surface area contributed by atoms with Gasteiger partial charge in [-0.05, 0) is 47.9 Å². The molecule has 1 heterocycles. The second-order valence-electron chi connectivity index (χ2n) is 9.10. The molecule has 1 amide bonds. The van der Waals surface area contributed by atoms with Crippen LogP contribution >= 0.6 is 35.0 Å². The summed E-state index contributed by atoms with van der Waals surface area (Å²) in [5.41, 5.74) is 2.97. The second-order valence-corrected chi connectivity index (χ2v) is 10.9. The van der Waals surface area contributed by atoms with Crippen LogP contribution in [0.4, 0.5) is 5.69 Å². The Kier molecular flexibility index (Phi) is 8.98. The highest BCUT2D eigenvalue weighted by molar-refractivity contribution is 7.98. The first-order valence-corrected chi connectivity index (χ1v) is 14.3. The van der Waals surface area contributed by atoms with E-state index in [1.165, 1.54) is 23.9 Å². The Balaban J connectivity index is 1.56. The summed E-state index contributed by atoms with van der Waals surface area (Å²) in [5, 5.41) is 24.7. The van der Waals surface area contributed by atoms with Crippen LogP contribution in [-0.4, -0.2) is 25.6 Å². The number of nitrogens with one attached hydrogen (secondary N) is 1. The number of halogens is 2. The van der Waals surface area contributed by atoms with Crippen molar-refractivity contribution in [3.05, 3.63) is 146 Å². The molecule has 0 saturated heterocycles. The first-order chi connectivity index (χ1) is 19.9. The highest BCUT2D eigenvalue weighted by Crippen LogP contribution is 2.30. The molecule has 0 bridgehead atoms. The van der Waals surface area contributed by atoms with Crippen LogP contribution in [0, 0.1) is 10.1 Å². The second kappa shape index (κ2) is 13.0. The van der Waals surface area contributed by atoms with Crippen LogP contribution in [0.3, 0.4) is 0 Å². The highest BCUT2D eigenvalue weighted by atomic mass is 35.5. The molecule has 0 saturated carbocycles. The fourth-order valence-electron chi connectivity index (χ4n) is 4.27. The van der Waals surface area contributed by atoms with Gasteiger partial charge in [0.05, 0.1) is 11.0 Å². The normalized spacial score (nSPS) is 11.7. The van der Waals surface area contributed by atoms with Crippen LogP contribution in [0.15, 0.2) is 108 Å². The lowest BCUT2D eigenvalue weighted by Gasteiger charge is -2.20. The molecule has 0 radical (unpaired) electrons. The number of non-ortho nitro benzene ring substituents is 1. The minimum absolute atomic E-state index is 0.0335. The van der Waals surface area contributed by atoms with Gasteiger partial charge in [-0.2, -0.15) is 0 Å². The molecule has 0 aliphatic carbocycles. The van der Waals surface area contributed by atoms with Gasteiger partial charge in [-0.25, -0.2) is 0 Å². The van der Waals surface area contributed by atoms with Crippen molar-refractivity contribution < 1.29 is 9.72 Å². The molecule has 0 spiro atoms. The van der Waals surface area contributed by atoms with Gasteiger partial charge in [-0.3, -0.25) is 19.5 Å². The van der Waals surface area contributed by atoms with Crippen LogP contribution in [0.25, 0.3) is 5.69 Å². The maximum Gasteiger partial charge on any atom is 0.269 e. The molecule has 0 aliphatic rings. The van der Waals surface area contributed by atoms with E-state index >= 15 is 0 Å². The summed E-state index contributed by atoms with van der Waals surface area (Å²) in [7, 11) is 0. The van der Waals surface area contributed by atoms with E-state index in [1.54, 1.807) is 30.3 Å². The average Bonchev–Trinajstić information content (AvgIpc) is 3.40. The fourth-order valence-corrected chi connectivity index (χ4v) is 5.71. The maximum atomic E-state index is 13.4. The summed E-state index contributed by atoms with van der Waals surface area (Å²) < 4.78 is 1.83. The lowest BCUT2D eigenvalue weighted by atomic mass is 10.0. The van der Waals surface area contributed by atoms with E-state index in [0.717, 1.165) is 11.1 Å². The first-order valence-electron chi connectivity index (χ1n) is 12.5. The molecule has 0 unspecified atom stereocenters. The van der Waals surface area contributed by atoms with Gasteiger partial charge in [0.1, 0.15) is 0 Å². The van der Waals surface area contributed by atoms with Gasteiger partial charge in [0.25, 0.3) is 11.6 Å². The lowest BCUT2D eigenvalue weighted by Crippen LogP contribution is -2.32. The Morgan fingerprint density at radius 1 is 0.878 bits per heavy atom. The highest BCUT2D eigenvalue weighted by Gasteiger charge is 2.26. The van der Waals surface area contributed by atoms with Gasteiger partial charge >= 0.3 is 0 Å². The Labute approximate surface area is 250 Å². The predicted octanol–water partition coefficient (Wildman–Crippen LogP) is 7.49. The van der Waals surface area contributed by atoms with Crippen molar-refractivity contribution in [1.29, 1.82) is 0 Å². The van der Waals surface area contributed by atoms with Gasteiger partial charge in [0.2, 0.25) is 0 Å². The SMILES string of the molecule is O=C(N[C@@H](Cc1ccccc1)c1nnc(SCc2ccccc2)n1-c1ccc([N+](=O)[O-])cc1)c1cc(Cl)cc(Cl)c1. The van der Waals surface area contributed by atoms with Crippen molar-refractivity contribution in [1.82, 2.24) is 20.1 Å². The summed E-state index contributed by atoms with van der Waals surface area (Å²) >= 11 is 13.8. The average molecular weight is 605 g/mol. The zero-order chi connectivity index (χ0) is 28.8. The van der Waals surface area contributed by atoms with Crippen molar-refractivity contribution >= 4 is 46.6 Å². The molecule has 0 aliphatic heterocycles. The fraction of sp³-hybridized carbons (Fsp3) is 0.100. The number of hydrogen-bond donors (Lipinski definition) is 1.